The number of hydrogen-bond donors (Lipinski definition) is 0. The normalized spacial score (nSPS) is 13.4. The molecular formula is C12H17BO3. The minimum Gasteiger partial charge on any atom is -0.493 e. The number of fused-ring (bicyclic) bond motifs is 1. The van der Waals surface area contributed by atoms with Gasteiger partial charge < -0.3 is 14.0 Å². The average molecular weight is 220 g/mol. The third-order valence-corrected chi connectivity index (χ3v) is 2.62. The summed E-state index contributed by atoms with van der Waals surface area (Å²) >= 11 is 0. The van der Waals surface area contributed by atoms with E-state index in [-0.39, 0.29) is 7.12 Å². The molecule has 0 saturated heterocycles. The van der Waals surface area contributed by atoms with E-state index in [2.05, 4.69) is 6.07 Å². The Labute approximate surface area is 96.8 Å². The second-order valence-electron chi connectivity index (χ2n) is 3.71. The number of rotatable bonds is 5. The van der Waals surface area contributed by atoms with Crippen molar-refractivity contribution in [2.45, 2.75) is 20.3 Å². The Hall–Kier alpha value is -0.995. The zero-order valence-electron chi connectivity index (χ0n) is 9.86. The molecule has 86 valence electrons. The molecule has 0 unspecified atom stereocenters. The van der Waals surface area contributed by atoms with Gasteiger partial charge in [-0.15, -0.1) is 0 Å². The summed E-state index contributed by atoms with van der Waals surface area (Å²) in [7, 11) is -0.249. The van der Waals surface area contributed by atoms with Crippen molar-refractivity contribution >= 4 is 12.6 Å². The molecule has 3 nitrogen and oxygen atoms in total. The summed E-state index contributed by atoms with van der Waals surface area (Å²) in [6.07, 6.45) is 0.980. The third-order valence-electron chi connectivity index (χ3n) is 2.62. The topological polar surface area (TPSA) is 27.7 Å². The molecule has 1 aliphatic rings. The van der Waals surface area contributed by atoms with Crippen LogP contribution in [0.25, 0.3) is 0 Å². The van der Waals surface area contributed by atoms with Gasteiger partial charge in [0.15, 0.2) is 0 Å². The van der Waals surface area contributed by atoms with E-state index in [9.17, 15) is 0 Å². The largest absolute Gasteiger partial charge is 0.493 e. The molecule has 0 aromatic heterocycles. The van der Waals surface area contributed by atoms with Crippen molar-refractivity contribution in [3.63, 3.8) is 0 Å². The Balaban J connectivity index is 2.17. The fourth-order valence-corrected chi connectivity index (χ4v) is 1.90. The van der Waals surface area contributed by atoms with Gasteiger partial charge in [0.25, 0.3) is 0 Å². The van der Waals surface area contributed by atoms with Crippen molar-refractivity contribution in [3.8, 4) is 5.75 Å². The van der Waals surface area contributed by atoms with Gasteiger partial charge in [-0.1, -0.05) is 12.1 Å². The molecule has 2 rings (SSSR count). The van der Waals surface area contributed by atoms with Crippen LogP contribution in [0.15, 0.2) is 18.2 Å². The monoisotopic (exact) mass is 220 g/mol. The summed E-state index contributed by atoms with van der Waals surface area (Å²) in [5.41, 5.74) is 2.33. The van der Waals surface area contributed by atoms with Crippen molar-refractivity contribution in [1.29, 1.82) is 0 Å². The van der Waals surface area contributed by atoms with Crippen LogP contribution in [0.5, 0.6) is 5.75 Å². The molecule has 0 amide bonds. The van der Waals surface area contributed by atoms with Gasteiger partial charge in [0.2, 0.25) is 0 Å². The zero-order chi connectivity index (χ0) is 11.4. The summed E-state index contributed by atoms with van der Waals surface area (Å²) < 4.78 is 16.6. The molecule has 1 aliphatic heterocycles. The first-order chi connectivity index (χ1) is 7.85. The maximum atomic E-state index is 5.57. The van der Waals surface area contributed by atoms with Crippen molar-refractivity contribution in [2.24, 2.45) is 0 Å². The lowest BCUT2D eigenvalue weighted by Gasteiger charge is -2.13. The molecule has 0 spiro atoms. The molecule has 4 heteroatoms. The molecule has 1 heterocycles. The van der Waals surface area contributed by atoms with Crippen molar-refractivity contribution < 1.29 is 14.0 Å². The lowest BCUT2D eigenvalue weighted by Crippen LogP contribution is -2.37. The number of hydrogen-bond acceptors (Lipinski definition) is 3. The third kappa shape index (κ3) is 2.39. The van der Waals surface area contributed by atoms with E-state index in [1.165, 1.54) is 5.56 Å². The Morgan fingerprint density at radius 3 is 2.69 bits per heavy atom. The Morgan fingerprint density at radius 2 is 2.00 bits per heavy atom. The molecule has 1 aromatic rings. The van der Waals surface area contributed by atoms with Crippen LogP contribution in [0, 0.1) is 0 Å². The first-order valence-corrected chi connectivity index (χ1v) is 5.84. The second kappa shape index (κ2) is 5.37. The van der Waals surface area contributed by atoms with Gasteiger partial charge in [0.05, 0.1) is 6.61 Å². The van der Waals surface area contributed by atoms with Crippen LogP contribution in [-0.2, 0) is 15.7 Å². The van der Waals surface area contributed by atoms with Gasteiger partial charge in [-0.2, -0.15) is 0 Å². The maximum absolute atomic E-state index is 5.57. The van der Waals surface area contributed by atoms with E-state index in [4.69, 9.17) is 14.0 Å². The second-order valence-corrected chi connectivity index (χ2v) is 3.71. The van der Waals surface area contributed by atoms with E-state index in [0.717, 1.165) is 24.2 Å². The van der Waals surface area contributed by atoms with E-state index < -0.39 is 0 Å². The van der Waals surface area contributed by atoms with Crippen molar-refractivity contribution in [2.75, 3.05) is 19.8 Å². The van der Waals surface area contributed by atoms with Crippen molar-refractivity contribution in [3.05, 3.63) is 23.8 Å². The van der Waals surface area contributed by atoms with Gasteiger partial charge in [-0.3, -0.25) is 0 Å². The zero-order valence-corrected chi connectivity index (χ0v) is 9.86. The van der Waals surface area contributed by atoms with Crippen molar-refractivity contribution in [1.82, 2.24) is 0 Å². The summed E-state index contributed by atoms with van der Waals surface area (Å²) in [4.78, 5) is 0. The van der Waals surface area contributed by atoms with E-state index in [1.54, 1.807) is 0 Å². The molecule has 0 N–H and O–H groups in total. The van der Waals surface area contributed by atoms with Crippen LogP contribution in [0.1, 0.15) is 19.4 Å². The lowest BCUT2D eigenvalue weighted by atomic mass is 9.78. The van der Waals surface area contributed by atoms with Crippen LogP contribution in [-0.4, -0.2) is 26.9 Å². The quantitative estimate of drug-likeness (QED) is 0.702. The fourth-order valence-electron chi connectivity index (χ4n) is 1.90. The van der Waals surface area contributed by atoms with E-state index >= 15 is 0 Å². The highest BCUT2D eigenvalue weighted by Gasteiger charge is 2.22. The van der Waals surface area contributed by atoms with Crippen LogP contribution in [0.4, 0.5) is 0 Å². The van der Waals surface area contributed by atoms with Crippen LogP contribution in [0.3, 0.4) is 0 Å². The van der Waals surface area contributed by atoms with Gasteiger partial charge in [0, 0.05) is 19.6 Å². The van der Waals surface area contributed by atoms with Gasteiger partial charge >= 0.3 is 7.12 Å². The first-order valence-electron chi connectivity index (χ1n) is 5.84. The Morgan fingerprint density at radius 1 is 1.25 bits per heavy atom. The lowest BCUT2D eigenvalue weighted by molar-refractivity contribution is 0.225. The number of ether oxygens (including phenoxy) is 1. The minimum atomic E-state index is -0.249. The molecule has 0 aliphatic carbocycles. The molecule has 0 bridgehead atoms. The summed E-state index contributed by atoms with van der Waals surface area (Å²) in [6, 6.07) is 6.14. The standard InChI is InChI=1S/C12H17BO3/c1-3-15-13(16-4-2)11-5-6-12-10(9-11)7-8-14-12/h5-6,9H,3-4,7-8H2,1-2H3. The predicted octanol–water partition coefficient (Wildman–Crippen LogP) is 1.39. The Kier molecular flexibility index (Phi) is 3.85. The summed E-state index contributed by atoms with van der Waals surface area (Å²) in [6.45, 7) is 6.04. The highest BCUT2D eigenvalue weighted by Crippen LogP contribution is 2.23. The molecule has 1 aromatic carbocycles. The molecule has 16 heavy (non-hydrogen) atoms. The minimum absolute atomic E-state index is 0.249. The predicted molar refractivity (Wildman–Crippen MR) is 64.3 cm³/mol. The van der Waals surface area contributed by atoms with Gasteiger partial charge in [0.1, 0.15) is 5.75 Å². The number of benzene rings is 1. The molecule has 0 fully saturated rings. The highest BCUT2D eigenvalue weighted by atomic mass is 16.6. The maximum Gasteiger partial charge on any atom is 0.493 e. The molecule has 0 radical (unpaired) electrons. The first kappa shape index (κ1) is 11.5. The fraction of sp³-hybridized carbons (Fsp3) is 0.500. The highest BCUT2D eigenvalue weighted by molar-refractivity contribution is 6.61. The van der Waals surface area contributed by atoms with Crippen LogP contribution in [0.2, 0.25) is 0 Å². The smallest absolute Gasteiger partial charge is 0.493 e. The molecule has 0 atom stereocenters. The SMILES string of the molecule is CCOB(OCC)c1ccc2c(c1)CCO2. The summed E-state index contributed by atoms with van der Waals surface area (Å²) in [5, 5.41) is 0. The van der Waals surface area contributed by atoms with Gasteiger partial charge in [-0.25, -0.2) is 0 Å². The van der Waals surface area contributed by atoms with E-state index in [1.807, 2.05) is 26.0 Å². The van der Waals surface area contributed by atoms with Crippen LogP contribution < -0.4 is 10.2 Å². The van der Waals surface area contributed by atoms with E-state index in [0.29, 0.717) is 13.2 Å². The van der Waals surface area contributed by atoms with Crippen LogP contribution >= 0.6 is 0 Å². The average Bonchev–Trinajstić information content (AvgIpc) is 2.75. The van der Waals surface area contributed by atoms with Gasteiger partial charge in [-0.05, 0) is 30.9 Å². The molecule has 0 saturated carbocycles. The summed E-state index contributed by atoms with van der Waals surface area (Å²) in [5.74, 6) is 0.996. The Bertz CT molecular complexity index is 348. The molecular weight excluding hydrogens is 203 g/mol.